The zero-order valence-electron chi connectivity index (χ0n) is 17.0. The lowest BCUT2D eigenvalue weighted by Crippen LogP contribution is -2.54. The van der Waals surface area contributed by atoms with Crippen LogP contribution in [0.4, 0.5) is 5.82 Å². The monoisotopic (exact) mass is 396 g/mol. The number of carbonyl (C=O) groups is 2. The molecule has 0 saturated carbocycles. The molecular weight excluding hydrogens is 368 g/mol. The van der Waals surface area contributed by atoms with Gasteiger partial charge in [-0.05, 0) is 43.2 Å². The number of anilines is 1. The van der Waals surface area contributed by atoms with Crippen molar-refractivity contribution in [3.8, 4) is 5.75 Å². The number of aryl methyl sites for hydroxylation is 1. The van der Waals surface area contributed by atoms with E-state index in [1.807, 2.05) is 47.4 Å². The average Bonchev–Trinajstić information content (AvgIpc) is 2.78. The maximum absolute atomic E-state index is 12.7. The van der Waals surface area contributed by atoms with Crippen molar-refractivity contribution in [3.63, 3.8) is 0 Å². The van der Waals surface area contributed by atoms with E-state index in [1.54, 1.807) is 20.2 Å². The SMILES string of the molecule is COc1cccc(CCC(=O)NC(C)C(=O)N2CCN(c3ccccn3)CC2)c1. The number of aromatic nitrogens is 1. The predicted molar refractivity (Wildman–Crippen MR) is 112 cm³/mol. The highest BCUT2D eigenvalue weighted by Crippen LogP contribution is 2.15. The molecule has 1 aromatic heterocycles. The molecule has 1 N–H and O–H groups in total. The average molecular weight is 396 g/mol. The molecule has 1 atom stereocenters. The van der Waals surface area contributed by atoms with Crippen LogP contribution in [0.2, 0.25) is 0 Å². The molecule has 0 bridgehead atoms. The van der Waals surface area contributed by atoms with Gasteiger partial charge in [0, 0.05) is 38.8 Å². The van der Waals surface area contributed by atoms with E-state index in [2.05, 4.69) is 15.2 Å². The summed E-state index contributed by atoms with van der Waals surface area (Å²) in [6.07, 6.45) is 2.71. The third kappa shape index (κ3) is 5.70. The maximum atomic E-state index is 12.7. The lowest BCUT2D eigenvalue weighted by atomic mass is 10.1. The fraction of sp³-hybridized carbons (Fsp3) is 0.409. The molecule has 1 aliphatic heterocycles. The molecule has 1 aromatic carbocycles. The number of methoxy groups -OCH3 is 1. The number of rotatable bonds is 7. The molecule has 0 aliphatic carbocycles. The van der Waals surface area contributed by atoms with Crippen molar-refractivity contribution in [3.05, 3.63) is 54.2 Å². The van der Waals surface area contributed by atoms with Gasteiger partial charge < -0.3 is 19.9 Å². The molecular formula is C22H28N4O3. The van der Waals surface area contributed by atoms with Gasteiger partial charge in [-0.3, -0.25) is 9.59 Å². The highest BCUT2D eigenvalue weighted by Gasteiger charge is 2.26. The van der Waals surface area contributed by atoms with Gasteiger partial charge in [-0.15, -0.1) is 0 Å². The van der Waals surface area contributed by atoms with Gasteiger partial charge in [-0.2, -0.15) is 0 Å². The molecule has 7 heteroatoms. The predicted octanol–water partition coefficient (Wildman–Crippen LogP) is 1.88. The van der Waals surface area contributed by atoms with Gasteiger partial charge >= 0.3 is 0 Å². The number of hydrogen-bond donors (Lipinski definition) is 1. The van der Waals surface area contributed by atoms with Crippen LogP contribution in [-0.4, -0.2) is 61.0 Å². The third-order valence-corrected chi connectivity index (χ3v) is 5.09. The van der Waals surface area contributed by atoms with Crippen molar-refractivity contribution in [1.82, 2.24) is 15.2 Å². The quantitative estimate of drug-likeness (QED) is 0.774. The van der Waals surface area contributed by atoms with E-state index in [4.69, 9.17) is 4.74 Å². The first-order valence-corrected chi connectivity index (χ1v) is 9.94. The number of nitrogens with zero attached hydrogens (tertiary/aromatic N) is 3. The second-order valence-corrected chi connectivity index (χ2v) is 7.14. The number of nitrogens with one attached hydrogen (secondary N) is 1. The largest absolute Gasteiger partial charge is 0.497 e. The summed E-state index contributed by atoms with van der Waals surface area (Å²) in [7, 11) is 1.62. The van der Waals surface area contributed by atoms with Gasteiger partial charge in [0.2, 0.25) is 11.8 Å². The molecule has 0 radical (unpaired) electrons. The molecule has 2 heterocycles. The third-order valence-electron chi connectivity index (χ3n) is 5.09. The first kappa shape index (κ1) is 20.6. The molecule has 1 unspecified atom stereocenters. The standard InChI is InChI=1S/C22H28N4O3/c1-17(24-21(27)10-9-18-6-5-7-19(16-18)29-2)22(28)26-14-12-25(13-15-26)20-8-3-4-11-23-20/h3-8,11,16-17H,9-10,12-15H2,1-2H3,(H,24,27). The minimum absolute atomic E-state index is 0.0413. The van der Waals surface area contributed by atoms with Gasteiger partial charge in [0.1, 0.15) is 17.6 Å². The minimum Gasteiger partial charge on any atom is -0.497 e. The first-order chi connectivity index (χ1) is 14.1. The maximum Gasteiger partial charge on any atom is 0.244 e. The summed E-state index contributed by atoms with van der Waals surface area (Å²) >= 11 is 0. The van der Waals surface area contributed by atoms with E-state index >= 15 is 0 Å². The van der Waals surface area contributed by atoms with Crippen molar-refractivity contribution in [1.29, 1.82) is 0 Å². The fourth-order valence-electron chi connectivity index (χ4n) is 3.43. The fourth-order valence-corrected chi connectivity index (χ4v) is 3.43. The zero-order valence-corrected chi connectivity index (χ0v) is 17.0. The van der Waals surface area contributed by atoms with Crippen LogP contribution in [0.5, 0.6) is 5.75 Å². The van der Waals surface area contributed by atoms with E-state index in [1.165, 1.54) is 0 Å². The van der Waals surface area contributed by atoms with Gasteiger partial charge in [0.15, 0.2) is 0 Å². The number of pyridine rings is 1. The first-order valence-electron chi connectivity index (χ1n) is 9.94. The molecule has 1 aliphatic rings. The Balaban J connectivity index is 1.43. The van der Waals surface area contributed by atoms with Crippen LogP contribution in [0.25, 0.3) is 0 Å². The van der Waals surface area contributed by atoms with Crippen LogP contribution in [0, 0.1) is 0 Å². The summed E-state index contributed by atoms with van der Waals surface area (Å²) in [6, 6.07) is 13.0. The molecule has 3 rings (SSSR count). The summed E-state index contributed by atoms with van der Waals surface area (Å²) in [6.45, 7) is 4.47. The van der Waals surface area contributed by atoms with Gasteiger partial charge in [-0.1, -0.05) is 18.2 Å². The van der Waals surface area contributed by atoms with E-state index in [0.717, 1.165) is 30.2 Å². The number of piperazine rings is 1. The second kappa shape index (κ2) is 9.91. The van der Waals surface area contributed by atoms with Crippen LogP contribution >= 0.6 is 0 Å². The number of amides is 2. The van der Waals surface area contributed by atoms with E-state index in [0.29, 0.717) is 25.9 Å². The summed E-state index contributed by atoms with van der Waals surface area (Å²) in [5.74, 6) is 1.54. The molecule has 29 heavy (non-hydrogen) atoms. The van der Waals surface area contributed by atoms with Crippen molar-refractivity contribution >= 4 is 17.6 Å². The van der Waals surface area contributed by atoms with Crippen LogP contribution in [-0.2, 0) is 16.0 Å². The summed E-state index contributed by atoms with van der Waals surface area (Å²) in [5, 5.41) is 2.83. The van der Waals surface area contributed by atoms with E-state index in [-0.39, 0.29) is 11.8 Å². The summed E-state index contributed by atoms with van der Waals surface area (Å²) < 4.78 is 5.20. The zero-order chi connectivity index (χ0) is 20.6. The molecule has 0 spiro atoms. The lowest BCUT2D eigenvalue weighted by molar-refractivity contribution is -0.136. The lowest BCUT2D eigenvalue weighted by Gasteiger charge is -2.36. The van der Waals surface area contributed by atoms with E-state index in [9.17, 15) is 9.59 Å². The Morgan fingerprint density at radius 1 is 1.14 bits per heavy atom. The Bertz CT molecular complexity index is 820. The van der Waals surface area contributed by atoms with Gasteiger partial charge in [0.25, 0.3) is 0 Å². The Hall–Kier alpha value is -3.09. The van der Waals surface area contributed by atoms with Gasteiger partial charge in [-0.25, -0.2) is 4.98 Å². The molecule has 1 saturated heterocycles. The van der Waals surface area contributed by atoms with Crippen molar-refractivity contribution in [2.24, 2.45) is 0 Å². The Labute approximate surface area is 171 Å². The number of carbonyl (C=O) groups excluding carboxylic acids is 2. The van der Waals surface area contributed by atoms with E-state index < -0.39 is 6.04 Å². The van der Waals surface area contributed by atoms with Crippen molar-refractivity contribution < 1.29 is 14.3 Å². The topological polar surface area (TPSA) is 74.8 Å². The Morgan fingerprint density at radius 2 is 1.93 bits per heavy atom. The molecule has 2 amide bonds. The highest BCUT2D eigenvalue weighted by atomic mass is 16.5. The Kier molecular flexibility index (Phi) is 7.05. The van der Waals surface area contributed by atoms with Crippen LogP contribution in [0.3, 0.4) is 0 Å². The van der Waals surface area contributed by atoms with Crippen LogP contribution in [0.1, 0.15) is 18.9 Å². The number of benzene rings is 1. The normalized spacial score (nSPS) is 15.0. The highest BCUT2D eigenvalue weighted by molar-refractivity contribution is 5.87. The molecule has 154 valence electrons. The van der Waals surface area contributed by atoms with Crippen molar-refractivity contribution in [2.45, 2.75) is 25.8 Å². The number of hydrogen-bond acceptors (Lipinski definition) is 5. The summed E-state index contributed by atoms with van der Waals surface area (Å²) in [4.78, 5) is 33.3. The minimum atomic E-state index is -0.533. The molecule has 7 nitrogen and oxygen atoms in total. The van der Waals surface area contributed by atoms with Crippen LogP contribution in [0.15, 0.2) is 48.7 Å². The summed E-state index contributed by atoms with van der Waals surface area (Å²) in [5.41, 5.74) is 1.03. The van der Waals surface area contributed by atoms with Crippen LogP contribution < -0.4 is 15.0 Å². The smallest absolute Gasteiger partial charge is 0.244 e. The molecule has 2 aromatic rings. The molecule has 1 fully saturated rings. The van der Waals surface area contributed by atoms with Gasteiger partial charge in [0.05, 0.1) is 7.11 Å². The second-order valence-electron chi connectivity index (χ2n) is 7.14. The number of ether oxygens (including phenoxy) is 1. The Morgan fingerprint density at radius 3 is 2.62 bits per heavy atom. The van der Waals surface area contributed by atoms with Crippen molar-refractivity contribution in [2.75, 3.05) is 38.2 Å².